The molecule has 1 fully saturated rings. The summed E-state index contributed by atoms with van der Waals surface area (Å²) in [4.78, 5) is 25.2. The Labute approximate surface area is 168 Å². The largest absolute Gasteiger partial charge is 0.450 e. The van der Waals surface area contributed by atoms with Crippen molar-refractivity contribution in [3.05, 3.63) is 63.2 Å². The van der Waals surface area contributed by atoms with Gasteiger partial charge in [0.15, 0.2) is 0 Å². The highest BCUT2D eigenvalue weighted by atomic mass is 35.5. The van der Waals surface area contributed by atoms with Gasteiger partial charge in [0.25, 0.3) is 5.91 Å². The Bertz CT molecular complexity index is 853. The minimum Gasteiger partial charge on any atom is -0.450 e. The van der Waals surface area contributed by atoms with E-state index in [0.717, 1.165) is 13.1 Å². The van der Waals surface area contributed by atoms with Crippen molar-refractivity contribution in [2.75, 3.05) is 19.6 Å². The van der Waals surface area contributed by atoms with Gasteiger partial charge in [-0.05, 0) is 55.8 Å². The summed E-state index contributed by atoms with van der Waals surface area (Å²) in [5.41, 5.74) is 0.290. The average molecular weight is 404 g/mol. The lowest BCUT2D eigenvalue weighted by molar-refractivity contribution is -0.385. The molecule has 7 nitrogen and oxygen atoms in total. The summed E-state index contributed by atoms with van der Waals surface area (Å²) in [6.07, 6.45) is 2.49. The number of hydrogen-bond donors (Lipinski definition) is 1. The number of ether oxygens (including phenoxy) is 1. The third kappa shape index (κ3) is 5.21. The van der Waals surface area contributed by atoms with Gasteiger partial charge in [-0.25, -0.2) is 0 Å². The number of carbonyl (C=O) groups is 1. The van der Waals surface area contributed by atoms with Gasteiger partial charge in [0, 0.05) is 35.8 Å². The standard InChI is InChI=1S/C20H22ClN3O4/c1-2-23(16-6-7-16)12-11-22-20(25)14-3-8-17(9-4-14)28-19-10-5-15(21)13-18(19)24(26)27/h3-5,8-10,13,16H,2,6-7,11-12H2,1H3,(H,22,25). The first-order valence-electron chi connectivity index (χ1n) is 9.22. The number of nitrogens with zero attached hydrogens (tertiary/aromatic N) is 2. The molecule has 148 valence electrons. The van der Waals surface area contributed by atoms with Crippen LogP contribution in [0.3, 0.4) is 0 Å². The van der Waals surface area contributed by atoms with E-state index >= 15 is 0 Å². The van der Waals surface area contributed by atoms with Crippen LogP contribution in [0.1, 0.15) is 30.1 Å². The van der Waals surface area contributed by atoms with E-state index in [0.29, 0.717) is 23.9 Å². The predicted octanol–water partition coefficient (Wildman–Crippen LogP) is 4.25. The van der Waals surface area contributed by atoms with Crippen molar-refractivity contribution in [2.24, 2.45) is 0 Å². The van der Waals surface area contributed by atoms with Gasteiger partial charge >= 0.3 is 5.69 Å². The Morgan fingerprint density at radius 2 is 2.00 bits per heavy atom. The Morgan fingerprint density at radius 3 is 2.61 bits per heavy atom. The molecule has 0 radical (unpaired) electrons. The first-order chi connectivity index (χ1) is 13.5. The summed E-state index contributed by atoms with van der Waals surface area (Å²) >= 11 is 5.80. The maximum Gasteiger partial charge on any atom is 0.313 e. The van der Waals surface area contributed by atoms with Crippen molar-refractivity contribution in [3.63, 3.8) is 0 Å². The summed E-state index contributed by atoms with van der Waals surface area (Å²) in [5, 5.41) is 14.3. The second kappa shape index (κ2) is 9.03. The first kappa shape index (κ1) is 20.1. The van der Waals surface area contributed by atoms with E-state index in [4.69, 9.17) is 16.3 Å². The summed E-state index contributed by atoms with van der Waals surface area (Å²) < 4.78 is 5.58. The molecule has 0 bridgehead atoms. The summed E-state index contributed by atoms with van der Waals surface area (Å²) in [6, 6.07) is 11.4. The average Bonchev–Trinajstić information content (AvgIpc) is 3.52. The van der Waals surface area contributed by atoms with Crippen LogP contribution in [0.2, 0.25) is 5.02 Å². The molecule has 2 aromatic carbocycles. The fraction of sp³-hybridized carbons (Fsp3) is 0.350. The van der Waals surface area contributed by atoms with Gasteiger partial charge in [0.2, 0.25) is 5.75 Å². The summed E-state index contributed by atoms with van der Waals surface area (Å²) in [5.74, 6) is 0.329. The summed E-state index contributed by atoms with van der Waals surface area (Å²) in [6.45, 7) is 4.56. The number of benzene rings is 2. The number of carbonyl (C=O) groups excluding carboxylic acids is 1. The Hall–Kier alpha value is -2.64. The van der Waals surface area contributed by atoms with Gasteiger partial charge < -0.3 is 10.1 Å². The molecule has 8 heteroatoms. The van der Waals surface area contributed by atoms with Gasteiger partial charge in [0.1, 0.15) is 5.75 Å². The lowest BCUT2D eigenvalue weighted by Crippen LogP contribution is -2.36. The highest BCUT2D eigenvalue weighted by Gasteiger charge is 2.27. The second-order valence-corrected chi connectivity index (χ2v) is 7.05. The van der Waals surface area contributed by atoms with Crippen LogP contribution in [0.15, 0.2) is 42.5 Å². The maximum absolute atomic E-state index is 12.3. The Balaban J connectivity index is 1.57. The first-order valence-corrected chi connectivity index (χ1v) is 9.60. The summed E-state index contributed by atoms with van der Waals surface area (Å²) in [7, 11) is 0. The van der Waals surface area contributed by atoms with Crippen LogP contribution in [-0.4, -0.2) is 41.4 Å². The molecule has 1 aliphatic rings. The zero-order chi connectivity index (χ0) is 20.1. The number of likely N-dealkylation sites (N-methyl/N-ethyl adjacent to an activating group) is 1. The van der Waals surface area contributed by atoms with E-state index in [1.807, 2.05) is 0 Å². The van der Waals surface area contributed by atoms with Crippen LogP contribution < -0.4 is 10.1 Å². The van der Waals surface area contributed by atoms with Crippen LogP contribution >= 0.6 is 11.6 Å². The molecular formula is C20H22ClN3O4. The molecular weight excluding hydrogens is 382 g/mol. The highest BCUT2D eigenvalue weighted by molar-refractivity contribution is 6.30. The second-order valence-electron chi connectivity index (χ2n) is 6.61. The van der Waals surface area contributed by atoms with Crippen molar-refractivity contribution < 1.29 is 14.5 Å². The normalized spacial score (nSPS) is 13.4. The lowest BCUT2D eigenvalue weighted by Gasteiger charge is -2.19. The number of nitrogens with one attached hydrogen (secondary N) is 1. The number of rotatable bonds is 9. The fourth-order valence-electron chi connectivity index (χ4n) is 2.97. The van der Waals surface area contributed by atoms with E-state index in [9.17, 15) is 14.9 Å². The molecule has 0 spiro atoms. The molecule has 0 aliphatic heterocycles. The van der Waals surface area contributed by atoms with Crippen LogP contribution in [0.25, 0.3) is 0 Å². The van der Waals surface area contributed by atoms with Crippen molar-refractivity contribution in [2.45, 2.75) is 25.8 Å². The molecule has 28 heavy (non-hydrogen) atoms. The van der Waals surface area contributed by atoms with Gasteiger partial charge in [-0.1, -0.05) is 18.5 Å². The zero-order valence-electron chi connectivity index (χ0n) is 15.6. The predicted molar refractivity (Wildman–Crippen MR) is 107 cm³/mol. The SMILES string of the molecule is CCN(CCNC(=O)c1ccc(Oc2ccc(Cl)cc2[N+](=O)[O-])cc1)C1CC1. The molecule has 1 N–H and O–H groups in total. The van der Waals surface area contributed by atoms with Crippen LogP contribution in [0.4, 0.5) is 5.69 Å². The van der Waals surface area contributed by atoms with Gasteiger partial charge in [-0.2, -0.15) is 0 Å². The third-order valence-corrected chi connectivity index (χ3v) is 4.85. The molecule has 1 amide bonds. The number of nitro benzene ring substituents is 1. The van der Waals surface area contributed by atoms with Gasteiger partial charge in [-0.3, -0.25) is 19.8 Å². The number of amides is 1. The number of halogens is 1. The monoisotopic (exact) mass is 403 g/mol. The smallest absolute Gasteiger partial charge is 0.313 e. The highest BCUT2D eigenvalue weighted by Crippen LogP contribution is 2.33. The van der Waals surface area contributed by atoms with Crippen molar-refractivity contribution in [1.82, 2.24) is 10.2 Å². The van der Waals surface area contributed by atoms with Gasteiger partial charge in [0.05, 0.1) is 4.92 Å². The van der Waals surface area contributed by atoms with Crippen molar-refractivity contribution >= 4 is 23.2 Å². The molecule has 1 aliphatic carbocycles. The molecule has 1 saturated carbocycles. The van der Waals surface area contributed by atoms with E-state index in [2.05, 4.69) is 17.1 Å². The molecule has 0 saturated heterocycles. The lowest BCUT2D eigenvalue weighted by atomic mass is 10.2. The van der Waals surface area contributed by atoms with Crippen LogP contribution in [0, 0.1) is 10.1 Å². The quantitative estimate of drug-likeness (QED) is 0.499. The van der Waals surface area contributed by atoms with E-state index in [1.54, 1.807) is 24.3 Å². The van der Waals surface area contributed by atoms with Gasteiger partial charge in [-0.15, -0.1) is 0 Å². The zero-order valence-corrected chi connectivity index (χ0v) is 16.3. The molecule has 0 atom stereocenters. The molecule has 3 rings (SSSR count). The number of hydrogen-bond acceptors (Lipinski definition) is 5. The van der Waals surface area contributed by atoms with Crippen LogP contribution in [-0.2, 0) is 0 Å². The Morgan fingerprint density at radius 1 is 1.29 bits per heavy atom. The van der Waals surface area contributed by atoms with Crippen molar-refractivity contribution in [3.8, 4) is 11.5 Å². The Kier molecular flexibility index (Phi) is 6.49. The van der Waals surface area contributed by atoms with E-state index in [1.165, 1.54) is 31.0 Å². The topological polar surface area (TPSA) is 84.7 Å². The molecule has 0 heterocycles. The van der Waals surface area contributed by atoms with E-state index < -0.39 is 4.92 Å². The third-order valence-electron chi connectivity index (χ3n) is 4.62. The minimum atomic E-state index is -0.551. The molecule has 0 unspecified atom stereocenters. The van der Waals surface area contributed by atoms with Crippen molar-refractivity contribution in [1.29, 1.82) is 0 Å². The van der Waals surface area contributed by atoms with E-state index in [-0.39, 0.29) is 22.4 Å². The molecule has 2 aromatic rings. The maximum atomic E-state index is 12.3. The minimum absolute atomic E-state index is 0.0892. The fourth-order valence-corrected chi connectivity index (χ4v) is 3.14. The van der Waals surface area contributed by atoms with Crippen LogP contribution in [0.5, 0.6) is 11.5 Å². The molecule has 0 aromatic heterocycles. The number of nitro groups is 1.